The molecule has 0 unspecified atom stereocenters. The highest BCUT2D eigenvalue weighted by molar-refractivity contribution is 4.63. The number of rotatable bonds is 6. The minimum Gasteiger partial charge on any atom is -0.390 e. The summed E-state index contributed by atoms with van der Waals surface area (Å²) in [6.45, 7) is 5.54. The molecule has 0 aliphatic carbocycles. The van der Waals surface area contributed by atoms with Gasteiger partial charge in [0, 0.05) is 13.2 Å². The Kier molecular flexibility index (Phi) is 5.46. The fraction of sp³-hybridized carbons (Fsp3) is 1.00. The van der Waals surface area contributed by atoms with Crippen molar-refractivity contribution in [3.63, 3.8) is 0 Å². The second-order valence-corrected chi connectivity index (χ2v) is 3.32. The molecular formula is C8H19NO2. The summed E-state index contributed by atoms with van der Waals surface area (Å²) in [5.74, 6) is 0. The highest BCUT2D eigenvalue weighted by atomic mass is 16.5. The van der Waals surface area contributed by atoms with Gasteiger partial charge in [-0.3, -0.25) is 0 Å². The molecule has 11 heavy (non-hydrogen) atoms. The molecule has 3 heteroatoms. The molecule has 0 aromatic heterocycles. The fourth-order valence-corrected chi connectivity index (χ4v) is 0.609. The zero-order valence-electron chi connectivity index (χ0n) is 7.47. The van der Waals surface area contributed by atoms with Gasteiger partial charge >= 0.3 is 0 Å². The molecule has 0 aliphatic rings. The summed E-state index contributed by atoms with van der Waals surface area (Å²) in [4.78, 5) is 0. The van der Waals surface area contributed by atoms with Crippen LogP contribution in [0.3, 0.4) is 0 Å². The number of hydrogen-bond acceptors (Lipinski definition) is 3. The second-order valence-electron chi connectivity index (χ2n) is 3.32. The van der Waals surface area contributed by atoms with Gasteiger partial charge in [-0.1, -0.05) is 0 Å². The Hall–Kier alpha value is -0.120. The van der Waals surface area contributed by atoms with E-state index in [1.165, 1.54) is 0 Å². The van der Waals surface area contributed by atoms with Gasteiger partial charge < -0.3 is 15.6 Å². The Morgan fingerprint density at radius 3 is 2.45 bits per heavy atom. The van der Waals surface area contributed by atoms with Gasteiger partial charge in [0.15, 0.2) is 0 Å². The van der Waals surface area contributed by atoms with Gasteiger partial charge in [0.05, 0.1) is 5.60 Å². The smallest absolute Gasteiger partial charge is 0.0613 e. The van der Waals surface area contributed by atoms with Crippen LogP contribution in [0.5, 0.6) is 0 Å². The molecule has 0 aromatic rings. The zero-order chi connectivity index (χ0) is 8.74. The largest absolute Gasteiger partial charge is 0.390 e. The molecule has 0 spiro atoms. The van der Waals surface area contributed by atoms with E-state index in [0.29, 0.717) is 26.2 Å². The van der Waals surface area contributed by atoms with E-state index in [0.717, 1.165) is 6.42 Å². The first-order valence-electron chi connectivity index (χ1n) is 4.06. The van der Waals surface area contributed by atoms with Gasteiger partial charge in [0.1, 0.15) is 0 Å². The first-order valence-corrected chi connectivity index (χ1v) is 4.06. The Bertz CT molecular complexity index is 88.6. The maximum atomic E-state index is 9.27. The quantitative estimate of drug-likeness (QED) is 0.558. The van der Waals surface area contributed by atoms with E-state index in [-0.39, 0.29) is 0 Å². The maximum Gasteiger partial charge on any atom is 0.0613 e. The highest BCUT2D eigenvalue weighted by Crippen LogP contribution is 2.06. The van der Waals surface area contributed by atoms with Crippen LogP contribution in [-0.4, -0.2) is 30.5 Å². The van der Waals surface area contributed by atoms with Crippen molar-refractivity contribution in [1.29, 1.82) is 0 Å². The third-order valence-electron chi connectivity index (χ3n) is 1.35. The lowest BCUT2D eigenvalue weighted by Crippen LogP contribution is -2.21. The van der Waals surface area contributed by atoms with Crippen LogP contribution in [0.1, 0.15) is 26.7 Å². The van der Waals surface area contributed by atoms with Crippen LogP contribution in [0, 0.1) is 0 Å². The first kappa shape index (κ1) is 10.9. The van der Waals surface area contributed by atoms with Crippen LogP contribution in [0.25, 0.3) is 0 Å². The fourth-order valence-electron chi connectivity index (χ4n) is 0.609. The van der Waals surface area contributed by atoms with Gasteiger partial charge in [-0.15, -0.1) is 0 Å². The number of aliphatic hydroxyl groups is 1. The molecule has 0 aromatic carbocycles. The Balaban J connectivity index is 3.02. The first-order chi connectivity index (χ1) is 5.06. The van der Waals surface area contributed by atoms with E-state index in [1.807, 2.05) is 0 Å². The molecule has 0 radical (unpaired) electrons. The molecular weight excluding hydrogens is 142 g/mol. The summed E-state index contributed by atoms with van der Waals surface area (Å²) in [7, 11) is 0. The van der Waals surface area contributed by atoms with Crippen molar-refractivity contribution in [3.05, 3.63) is 0 Å². The minimum atomic E-state index is -0.608. The van der Waals surface area contributed by atoms with Crippen LogP contribution in [0.4, 0.5) is 0 Å². The Morgan fingerprint density at radius 1 is 1.36 bits per heavy atom. The predicted molar refractivity (Wildman–Crippen MR) is 45.4 cm³/mol. The molecule has 0 aliphatic heterocycles. The minimum absolute atomic E-state index is 0.608. The summed E-state index contributed by atoms with van der Waals surface area (Å²) in [6.07, 6.45) is 1.57. The molecule has 0 saturated carbocycles. The van der Waals surface area contributed by atoms with Crippen molar-refractivity contribution >= 4 is 0 Å². The topological polar surface area (TPSA) is 55.5 Å². The Labute approximate surface area is 68.5 Å². The van der Waals surface area contributed by atoms with Gasteiger partial charge in [0.25, 0.3) is 0 Å². The van der Waals surface area contributed by atoms with Crippen LogP contribution >= 0.6 is 0 Å². The number of ether oxygens (including phenoxy) is 1. The monoisotopic (exact) mass is 161 g/mol. The molecule has 0 saturated heterocycles. The van der Waals surface area contributed by atoms with E-state index < -0.39 is 5.60 Å². The average molecular weight is 161 g/mol. The Morgan fingerprint density at radius 2 is 2.00 bits per heavy atom. The summed E-state index contributed by atoms with van der Waals surface area (Å²) in [6, 6.07) is 0. The van der Waals surface area contributed by atoms with E-state index in [9.17, 15) is 5.11 Å². The second kappa shape index (κ2) is 5.52. The van der Waals surface area contributed by atoms with Crippen molar-refractivity contribution in [2.75, 3.05) is 19.8 Å². The van der Waals surface area contributed by atoms with Crippen molar-refractivity contribution in [2.24, 2.45) is 5.73 Å². The molecule has 0 bridgehead atoms. The number of nitrogens with two attached hydrogens (primary N) is 1. The van der Waals surface area contributed by atoms with Crippen LogP contribution in [0.2, 0.25) is 0 Å². The van der Waals surface area contributed by atoms with E-state index in [4.69, 9.17) is 10.5 Å². The molecule has 68 valence electrons. The molecule has 3 nitrogen and oxygen atoms in total. The molecule has 0 fully saturated rings. The molecule has 0 rings (SSSR count). The summed E-state index contributed by atoms with van der Waals surface area (Å²) >= 11 is 0. The molecule has 0 heterocycles. The normalized spacial score (nSPS) is 12.0. The standard InChI is InChI=1S/C8H19NO2/c1-8(2,10)4-7-11-6-3-5-9/h10H,3-7,9H2,1-2H3. The SMILES string of the molecule is CC(C)(O)CCOCCCN. The predicted octanol–water partition coefficient (Wildman–Crippen LogP) is 0.513. The van der Waals surface area contributed by atoms with Crippen molar-refractivity contribution in [1.82, 2.24) is 0 Å². The summed E-state index contributed by atoms with van der Waals surface area (Å²) in [5, 5.41) is 9.27. The van der Waals surface area contributed by atoms with E-state index >= 15 is 0 Å². The lowest BCUT2D eigenvalue weighted by atomic mass is 10.1. The van der Waals surface area contributed by atoms with Crippen LogP contribution in [-0.2, 0) is 4.74 Å². The van der Waals surface area contributed by atoms with Gasteiger partial charge in [-0.05, 0) is 33.2 Å². The lowest BCUT2D eigenvalue weighted by Gasteiger charge is -2.16. The lowest BCUT2D eigenvalue weighted by molar-refractivity contribution is 0.0282. The molecule has 0 amide bonds. The number of hydrogen-bond donors (Lipinski definition) is 2. The highest BCUT2D eigenvalue weighted by Gasteiger charge is 2.10. The summed E-state index contributed by atoms with van der Waals surface area (Å²) in [5.41, 5.74) is 4.66. The van der Waals surface area contributed by atoms with Gasteiger partial charge in [0.2, 0.25) is 0 Å². The van der Waals surface area contributed by atoms with Crippen molar-refractivity contribution in [3.8, 4) is 0 Å². The van der Waals surface area contributed by atoms with E-state index in [2.05, 4.69) is 0 Å². The molecule has 3 N–H and O–H groups in total. The van der Waals surface area contributed by atoms with Crippen LogP contribution in [0.15, 0.2) is 0 Å². The van der Waals surface area contributed by atoms with E-state index in [1.54, 1.807) is 13.8 Å². The third kappa shape index (κ3) is 9.88. The van der Waals surface area contributed by atoms with Crippen molar-refractivity contribution in [2.45, 2.75) is 32.3 Å². The average Bonchev–Trinajstić information content (AvgIpc) is 1.85. The third-order valence-corrected chi connectivity index (χ3v) is 1.35. The molecule has 0 atom stereocenters. The summed E-state index contributed by atoms with van der Waals surface area (Å²) < 4.78 is 5.21. The van der Waals surface area contributed by atoms with Gasteiger partial charge in [-0.2, -0.15) is 0 Å². The maximum absolute atomic E-state index is 9.27. The zero-order valence-corrected chi connectivity index (χ0v) is 7.47. The van der Waals surface area contributed by atoms with Crippen molar-refractivity contribution < 1.29 is 9.84 Å². The van der Waals surface area contributed by atoms with Gasteiger partial charge in [-0.25, -0.2) is 0 Å². The van der Waals surface area contributed by atoms with Crippen LogP contribution < -0.4 is 5.73 Å².